The molecule has 3 aliphatic heterocycles. The molecule has 0 unspecified atom stereocenters. The number of benzene rings is 1. The molecule has 3 heterocycles. The van der Waals surface area contributed by atoms with Gasteiger partial charge in [-0.05, 0) is 24.5 Å². The van der Waals surface area contributed by atoms with Gasteiger partial charge in [0, 0.05) is 12.1 Å². The molecule has 1 aromatic rings. The molecule has 2 saturated heterocycles. The minimum atomic E-state index is -0.832. The molecule has 0 saturated carbocycles. The van der Waals surface area contributed by atoms with Crippen LogP contribution in [-0.4, -0.2) is 41.9 Å². The van der Waals surface area contributed by atoms with Crippen LogP contribution in [0, 0.1) is 0 Å². The second-order valence-electron chi connectivity index (χ2n) is 6.09. The number of amides is 2. The summed E-state index contributed by atoms with van der Waals surface area (Å²) in [7, 11) is 1.30. The quantitative estimate of drug-likeness (QED) is 0.787. The molecule has 2 fully saturated rings. The predicted octanol–water partition coefficient (Wildman–Crippen LogP) is 1.45. The lowest BCUT2D eigenvalue weighted by Crippen LogP contribution is -2.53. The number of rotatable bonds is 0. The Morgan fingerprint density at radius 2 is 2.14 bits per heavy atom. The van der Waals surface area contributed by atoms with Gasteiger partial charge in [-0.15, -0.1) is 0 Å². The number of carbonyl (C=O) groups is 3. The van der Waals surface area contributed by atoms with Gasteiger partial charge in [-0.2, -0.15) is 0 Å². The van der Waals surface area contributed by atoms with Gasteiger partial charge < -0.3 is 10.1 Å². The summed E-state index contributed by atoms with van der Waals surface area (Å²) >= 11 is 0. The van der Waals surface area contributed by atoms with Gasteiger partial charge in [-0.1, -0.05) is 18.2 Å². The fourth-order valence-corrected chi connectivity index (χ4v) is 4.32. The number of nitrogens with zero attached hydrogens (tertiary/aromatic N) is 1. The van der Waals surface area contributed by atoms with Crippen LogP contribution in [0.2, 0.25) is 0 Å². The first kappa shape index (κ1) is 13.3. The smallest absolute Gasteiger partial charge is 0.410 e. The van der Waals surface area contributed by atoms with Crippen LogP contribution in [0.3, 0.4) is 0 Å². The van der Waals surface area contributed by atoms with Crippen molar-refractivity contribution in [3.63, 3.8) is 0 Å². The summed E-state index contributed by atoms with van der Waals surface area (Å²) in [4.78, 5) is 38.7. The van der Waals surface area contributed by atoms with Crippen LogP contribution in [0.25, 0.3) is 0 Å². The highest BCUT2D eigenvalue weighted by Crippen LogP contribution is 2.53. The monoisotopic (exact) mass is 300 g/mol. The van der Waals surface area contributed by atoms with E-state index in [2.05, 4.69) is 5.32 Å². The van der Waals surface area contributed by atoms with Crippen molar-refractivity contribution in [3.05, 3.63) is 29.8 Å². The van der Waals surface area contributed by atoms with Gasteiger partial charge in [-0.25, -0.2) is 4.79 Å². The summed E-state index contributed by atoms with van der Waals surface area (Å²) in [6.07, 6.45) is 0.706. The second-order valence-corrected chi connectivity index (χ2v) is 6.09. The average Bonchev–Trinajstić information content (AvgIpc) is 2.96. The molecule has 22 heavy (non-hydrogen) atoms. The Bertz CT molecular complexity index is 701. The number of anilines is 1. The zero-order valence-electron chi connectivity index (χ0n) is 12.2. The highest BCUT2D eigenvalue weighted by Gasteiger charge is 2.65. The van der Waals surface area contributed by atoms with Gasteiger partial charge in [0.25, 0.3) is 0 Å². The average molecular weight is 300 g/mol. The van der Waals surface area contributed by atoms with Crippen molar-refractivity contribution in [3.8, 4) is 0 Å². The van der Waals surface area contributed by atoms with Gasteiger partial charge in [0.05, 0.1) is 24.6 Å². The summed E-state index contributed by atoms with van der Waals surface area (Å²) < 4.78 is 4.85. The highest BCUT2D eigenvalue weighted by molar-refractivity contribution is 6.09. The number of methoxy groups -OCH3 is 1. The number of Topliss-reactive ketones (excluding diaryl/α,β-unsaturated/α-hetero) is 1. The minimum absolute atomic E-state index is 0.00991. The van der Waals surface area contributed by atoms with E-state index in [1.165, 1.54) is 12.0 Å². The third kappa shape index (κ3) is 1.42. The summed E-state index contributed by atoms with van der Waals surface area (Å²) in [5.41, 5.74) is 0.829. The number of para-hydroxylation sites is 1. The molecule has 1 aromatic carbocycles. The number of hydrogen-bond donors (Lipinski definition) is 1. The molecule has 6 heteroatoms. The highest BCUT2D eigenvalue weighted by atomic mass is 16.5. The molecule has 4 rings (SSSR count). The third-order valence-electron chi connectivity index (χ3n) is 5.24. The molecule has 0 radical (unpaired) electrons. The zero-order valence-corrected chi connectivity index (χ0v) is 12.2. The van der Waals surface area contributed by atoms with E-state index in [1.54, 1.807) is 0 Å². The zero-order chi connectivity index (χ0) is 15.5. The van der Waals surface area contributed by atoms with Crippen LogP contribution in [0.15, 0.2) is 24.3 Å². The van der Waals surface area contributed by atoms with Crippen molar-refractivity contribution in [2.24, 2.45) is 0 Å². The van der Waals surface area contributed by atoms with Crippen molar-refractivity contribution in [1.82, 2.24) is 4.90 Å². The SMILES string of the molecule is COC(=O)N1[C@H]2CCC(=O)[C@@H]1C[C@@]21C(=O)Nc2ccccc21. The summed E-state index contributed by atoms with van der Waals surface area (Å²) in [6, 6.07) is 6.62. The molecule has 114 valence electrons. The van der Waals surface area contributed by atoms with Crippen molar-refractivity contribution >= 4 is 23.5 Å². The van der Waals surface area contributed by atoms with Crippen LogP contribution in [0.4, 0.5) is 10.5 Å². The Labute approximate surface area is 127 Å². The Morgan fingerprint density at radius 3 is 2.91 bits per heavy atom. The minimum Gasteiger partial charge on any atom is -0.453 e. The molecule has 2 amide bonds. The first-order valence-corrected chi connectivity index (χ1v) is 7.39. The van der Waals surface area contributed by atoms with Crippen molar-refractivity contribution in [1.29, 1.82) is 0 Å². The molecule has 2 bridgehead atoms. The molecule has 3 aliphatic rings. The molecule has 6 nitrogen and oxygen atoms in total. The number of nitrogens with one attached hydrogen (secondary N) is 1. The Balaban J connectivity index is 1.89. The van der Waals surface area contributed by atoms with Crippen molar-refractivity contribution in [2.75, 3.05) is 12.4 Å². The largest absolute Gasteiger partial charge is 0.453 e. The number of ether oxygens (including phenoxy) is 1. The van der Waals surface area contributed by atoms with E-state index in [4.69, 9.17) is 4.74 Å². The lowest BCUT2D eigenvalue weighted by molar-refractivity contribution is -0.126. The standard InChI is InChI=1S/C16H16N2O4/c1-22-15(21)18-11-8-16(13(18)7-6-12(11)19)9-4-2-3-5-10(9)17-14(16)20/h2-5,11,13H,6-8H2,1H3,(H,17,20)/t11-,13-,16-/m0/s1. The molecule has 0 aromatic heterocycles. The van der Waals surface area contributed by atoms with E-state index in [0.717, 1.165) is 11.3 Å². The summed E-state index contributed by atoms with van der Waals surface area (Å²) in [5, 5.41) is 2.91. The maximum atomic E-state index is 12.8. The van der Waals surface area contributed by atoms with E-state index < -0.39 is 17.6 Å². The van der Waals surface area contributed by atoms with Crippen LogP contribution < -0.4 is 5.32 Å². The Morgan fingerprint density at radius 1 is 1.36 bits per heavy atom. The number of hydrogen-bond acceptors (Lipinski definition) is 4. The molecule has 1 spiro atoms. The van der Waals surface area contributed by atoms with E-state index in [9.17, 15) is 14.4 Å². The Kier molecular flexibility index (Phi) is 2.61. The first-order valence-electron chi connectivity index (χ1n) is 7.39. The van der Waals surface area contributed by atoms with Gasteiger partial charge >= 0.3 is 6.09 Å². The van der Waals surface area contributed by atoms with Crippen molar-refractivity contribution < 1.29 is 19.1 Å². The van der Waals surface area contributed by atoms with Gasteiger partial charge in [0.15, 0.2) is 5.78 Å². The third-order valence-corrected chi connectivity index (χ3v) is 5.24. The summed E-state index contributed by atoms with van der Waals surface area (Å²) in [6.45, 7) is 0. The van der Waals surface area contributed by atoms with Gasteiger partial charge in [0.2, 0.25) is 5.91 Å². The topological polar surface area (TPSA) is 75.7 Å². The number of piperidine rings is 1. The maximum absolute atomic E-state index is 12.8. The molecular weight excluding hydrogens is 284 g/mol. The number of ketones is 1. The van der Waals surface area contributed by atoms with Gasteiger partial charge in [0.1, 0.15) is 0 Å². The lowest BCUT2D eigenvalue weighted by Gasteiger charge is -2.36. The normalized spacial score (nSPS) is 32.1. The van der Waals surface area contributed by atoms with Crippen molar-refractivity contribution in [2.45, 2.75) is 36.8 Å². The maximum Gasteiger partial charge on any atom is 0.410 e. The second kappa shape index (κ2) is 4.32. The number of carbonyl (C=O) groups excluding carboxylic acids is 3. The lowest BCUT2D eigenvalue weighted by atomic mass is 9.74. The Hall–Kier alpha value is -2.37. The summed E-state index contributed by atoms with van der Waals surface area (Å²) in [5.74, 6) is -0.111. The van der Waals surface area contributed by atoms with Crippen LogP contribution in [0.1, 0.15) is 24.8 Å². The van der Waals surface area contributed by atoms with Gasteiger partial charge in [-0.3, -0.25) is 14.5 Å². The van der Waals surface area contributed by atoms with E-state index >= 15 is 0 Å². The van der Waals surface area contributed by atoms with E-state index in [0.29, 0.717) is 19.3 Å². The fourth-order valence-electron chi connectivity index (χ4n) is 4.32. The predicted molar refractivity (Wildman–Crippen MR) is 77.4 cm³/mol. The van der Waals surface area contributed by atoms with E-state index in [-0.39, 0.29) is 17.7 Å². The molecule has 3 atom stereocenters. The first-order chi connectivity index (χ1) is 10.6. The number of fused-ring (bicyclic) bond motifs is 5. The fraction of sp³-hybridized carbons (Fsp3) is 0.438. The van der Waals surface area contributed by atoms with E-state index in [1.807, 2.05) is 24.3 Å². The van der Waals surface area contributed by atoms with Crippen LogP contribution in [-0.2, 0) is 19.7 Å². The molecule has 1 N–H and O–H groups in total. The van der Waals surface area contributed by atoms with Crippen LogP contribution in [0.5, 0.6) is 0 Å². The molecular formula is C16H16N2O4. The van der Waals surface area contributed by atoms with Crippen LogP contribution >= 0.6 is 0 Å². The molecule has 0 aliphatic carbocycles.